The molecule has 10 heteroatoms. The molecule has 7 nitrogen and oxygen atoms in total. The lowest BCUT2D eigenvalue weighted by atomic mass is 10.1. The zero-order chi connectivity index (χ0) is 22.9. The molecule has 0 saturated heterocycles. The third kappa shape index (κ3) is 5.98. The monoisotopic (exact) mass is 426 g/mol. The molecule has 0 unspecified atom stereocenters. The highest BCUT2D eigenvalue weighted by Crippen LogP contribution is 2.33. The van der Waals surface area contributed by atoms with Crippen LogP contribution in [0.3, 0.4) is 0 Å². The number of hydrogen-bond donors (Lipinski definition) is 2. The number of carbonyl (C=O) groups is 2. The summed E-state index contributed by atoms with van der Waals surface area (Å²) in [6.45, 7) is 9.90. The average Bonchev–Trinajstić information content (AvgIpc) is 2.90. The second-order valence-corrected chi connectivity index (χ2v) is 7.93. The molecule has 1 aromatic heterocycles. The van der Waals surface area contributed by atoms with Crippen LogP contribution in [0.5, 0.6) is 0 Å². The van der Waals surface area contributed by atoms with Gasteiger partial charge in [-0.1, -0.05) is 0 Å². The standard InChI is InChI=1S/C20H25F3N4O3/c1-11-9-12(2)27(26-11)16-8-7-14(20(21,22)23)10-15(16)25-17(28)13(3)24-18(29)30-19(4,5)6/h7-10,13H,1-6H3,(H,24,29)(H,25,28)/t13-/m1/s1. The number of anilines is 1. The molecule has 0 spiro atoms. The molecule has 2 rings (SSSR count). The molecule has 0 radical (unpaired) electrons. The largest absolute Gasteiger partial charge is 0.444 e. The van der Waals surface area contributed by atoms with Crippen molar-refractivity contribution in [3.63, 3.8) is 0 Å². The summed E-state index contributed by atoms with van der Waals surface area (Å²) in [4.78, 5) is 24.4. The number of alkyl carbamates (subject to hydrolysis) is 1. The van der Waals surface area contributed by atoms with Crippen LogP contribution in [-0.2, 0) is 15.7 Å². The van der Waals surface area contributed by atoms with Crippen molar-refractivity contribution in [1.29, 1.82) is 0 Å². The van der Waals surface area contributed by atoms with Crippen molar-refractivity contribution < 1.29 is 27.5 Å². The number of aromatic nitrogens is 2. The minimum absolute atomic E-state index is 0.0844. The minimum atomic E-state index is -4.59. The molecule has 1 heterocycles. The van der Waals surface area contributed by atoms with Crippen molar-refractivity contribution in [1.82, 2.24) is 15.1 Å². The van der Waals surface area contributed by atoms with Crippen LogP contribution in [0.15, 0.2) is 24.3 Å². The Labute approximate surface area is 172 Å². The van der Waals surface area contributed by atoms with Crippen LogP contribution in [0.2, 0.25) is 0 Å². The SMILES string of the molecule is Cc1cc(C)n(-c2ccc(C(F)(F)F)cc2NC(=O)[C@@H](C)NC(=O)OC(C)(C)C)n1. The molecule has 0 bridgehead atoms. The summed E-state index contributed by atoms with van der Waals surface area (Å²) in [5, 5.41) is 9.08. The molecule has 0 fully saturated rings. The quantitative estimate of drug-likeness (QED) is 0.761. The third-order valence-electron chi connectivity index (χ3n) is 3.95. The predicted octanol–water partition coefficient (Wildman–Crippen LogP) is 4.36. The second kappa shape index (κ2) is 8.37. The van der Waals surface area contributed by atoms with Gasteiger partial charge in [-0.2, -0.15) is 18.3 Å². The number of alkyl halides is 3. The first kappa shape index (κ1) is 23.2. The fraction of sp³-hybridized carbons (Fsp3) is 0.450. The number of rotatable bonds is 4. The van der Waals surface area contributed by atoms with Crippen molar-refractivity contribution in [3.8, 4) is 5.69 Å². The maximum Gasteiger partial charge on any atom is 0.416 e. The molecule has 2 N–H and O–H groups in total. The molecule has 164 valence electrons. The zero-order valence-electron chi connectivity index (χ0n) is 17.6. The molecule has 0 aliphatic rings. The fourth-order valence-electron chi connectivity index (χ4n) is 2.66. The summed E-state index contributed by atoms with van der Waals surface area (Å²) < 4.78 is 46.1. The Morgan fingerprint density at radius 2 is 1.77 bits per heavy atom. The molecule has 30 heavy (non-hydrogen) atoms. The van der Waals surface area contributed by atoms with Gasteiger partial charge in [-0.25, -0.2) is 9.48 Å². The van der Waals surface area contributed by atoms with Gasteiger partial charge >= 0.3 is 12.3 Å². The van der Waals surface area contributed by atoms with Crippen LogP contribution in [0, 0.1) is 13.8 Å². The van der Waals surface area contributed by atoms with Gasteiger partial charge in [0.1, 0.15) is 11.6 Å². The van der Waals surface area contributed by atoms with Gasteiger partial charge in [0.25, 0.3) is 0 Å². The molecule has 0 aliphatic carbocycles. The van der Waals surface area contributed by atoms with Gasteiger partial charge in [-0.05, 0) is 65.8 Å². The summed E-state index contributed by atoms with van der Waals surface area (Å²) in [6, 6.07) is 3.70. The molecule has 2 aromatic rings. The number of nitrogens with one attached hydrogen (secondary N) is 2. The molecule has 1 aromatic carbocycles. The number of amides is 2. The Morgan fingerprint density at radius 3 is 2.27 bits per heavy atom. The van der Waals surface area contributed by atoms with E-state index in [0.717, 1.165) is 12.1 Å². The smallest absolute Gasteiger partial charge is 0.416 e. The number of benzene rings is 1. The number of halogens is 3. The van der Waals surface area contributed by atoms with Crippen LogP contribution < -0.4 is 10.6 Å². The van der Waals surface area contributed by atoms with Crippen molar-refractivity contribution in [2.45, 2.75) is 59.4 Å². The second-order valence-electron chi connectivity index (χ2n) is 7.93. The zero-order valence-corrected chi connectivity index (χ0v) is 17.6. The van der Waals surface area contributed by atoms with Gasteiger partial charge in [-0.15, -0.1) is 0 Å². The van der Waals surface area contributed by atoms with E-state index >= 15 is 0 Å². The van der Waals surface area contributed by atoms with Crippen molar-refractivity contribution >= 4 is 17.7 Å². The molecular weight excluding hydrogens is 401 g/mol. The topological polar surface area (TPSA) is 85.2 Å². The van der Waals surface area contributed by atoms with E-state index in [9.17, 15) is 22.8 Å². The van der Waals surface area contributed by atoms with Crippen LogP contribution in [0.1, 0.15) is 44.6 Å². The van der Waals surface area contributed by atoms with Gasteiger partial charge in [0.05, 0.1) is 22.6 Å². The number of carbonyl (C=O) groups excluding carboxylic acids is 2. The van der Waals surface area contributed by atoms with Gasteiger partial charge in [-0.3, -0.25) is 4.79 Å². The summed E-state index contributed by atoms with van der Waals surface area (Å²) in [5.74, 6) is -0.706. The van der Waals surface area contributed by atoms with E-state index in [-0.39, 0.29) is 11.4 Å². The summed E-state index contributed by atoms with van der Waals surface area (Å²) >= 11 is 0. The van der Waals surface area contributed by atoms with Gasteiger partial charge in [0.15, 0.2) is 0 Å². The van der Waals surface area contributed by atoms with E-state index in [1.807, 2.05) is 0 Å². The lowest BCUT2D eigenvalue weighted by Crippen LogP contribution is -2.44. The maximum absolute atomic E-state index is 13.2. The Hall–Kier alpha value is -3.04. The Kier molecular flexibility index (Phi) is 6.48. The van der Waals surface area contributed by atoms with Crippen LogP contribution >= 0.6 is 0 Å². The van der Waals surface area contributed by atoms with Gasteiger partial charge < -0.3 is 15.4 Å². The summed E-state index contributed by atoms with van der Waals surface area (Å²) in [6.07, 6.45) is -5.40. The highest BCUT2D eigenvalue weighted by atomic mass is 19.4. The minimum Gasteiger partial charge on any atom is -0.444 e. The highest BCUT2D eigenvalue weighted by molar-refractivity contribution is 5.97. The van der Waals surface area contributed by atoms with Crippen LogP contribution in [0.4, 0.5) is 23.7 Å². The number of aryl methyl sites for hydroxylation is 2. The van der Waals surface area contributed by atoms with Gasteiger partial charge in [0, 0.05) is 5.69 Å². The first-order valence-corrected chi connectivity index (χ1v) is 9.22. The van der Waals surface area contributed by atoms with Crippen LogP contribution in [-0.4, -0.2) is 33.4 Å². The van der Waals surface area contributed by atoms with Crippen molar-refractivity contribution in [2.24, 2.45) is 0 Å². The Balaban J connectivity index is 2.32. The normalized spacial score (nSPS) is 13.0. The Morgan fingerprint density at radius 1 is 1.13 bits per heavy atom. The van der Waals surface area contributed by atoms with Gasteiger partial charge in [0.2, 0.25) is 5.91 Å². The third-order valence-corrected chi connectivity index (χ3v) is 3.95. The van der Waals surface area contributed by atoms with Crippen molar-refractivity contribution in [2.75, 3.05) is 5.32 Å². The molecule has 0 aliphatic heterocycles. The lowest BCUT2D eigenvalue weighted by molar-refractivity contribution is -0.137. The first-order chi connectivity index (χ1) is 13.7. The van der Waals surface area contributed by atoms with E-state index in [0.29, 0.717) is 11.4 Å². The number of nitrogens with zero attached hydrogens (tertiary/aromatic N) is 2. The van der Waals surface area contributed by atoms with Crippen molar-refractivity contribution in [3.05, 3.63) is 41.2 Å². The lowest BCUT2D eigenvalue weighted by Gasteiger charge is -2.22. The van der Waals surface area contributed by atoms with E-state index in [2.05, 4.69) is 15.7 Å². The predicted molar refractivity (Wildman–Crippen MR) is 106 cm³/mol. The van der Waals surface area contributed by atoms with E-state index < -0.39 is 35.4 Å². The maximum atomic E-state index is 13.2. The highest BCUT2D eigenvalue weighted by Gasteiger charge is 2.32. The van der Waals surface area contributed by atoms with E-state index in [1.54, 1.807) is 40.7 Å². The number of hydrogen-bond acceptors (Lipinski definition) is 4. The first-order valence-electron chi connectivity index (χ1n) is 9.22. The number of ether oxygens (including phenoxy) is 1. The molecular formula is C20H25F3N4O3. The van der Waals surface area contributed by atoms with Crippen LogP contribution in [0.25, 0.3) is 5.69 Å². The average molecular weight is 426 g/mol. The summed E-state index contributed by atoms with van der Waals surface area (Å²) in [5.41, 5.74) is -0.141. The fourth-order valence-corrected chi connectivity index (χ4v) is 2.66. The van der Waals surface area contributed by atoms with E-state index in [4.69, 9.17) is 4.74 Å². The molecule has 0 saturated carbocycles. The molecule has 1 atom stereocenters. The summed E-state index contributed by atoms with van der Waals surface area (Å²) in [7, 11) is 0. The van der Waals surface area contributed by atoms with E-state index in [1.165, 1.54) is 17.7 Å². The molecule has 2 amide bonds. The Bertz CT molecular complexity index is 946.